The van der Waals surface area contributed by atoms with Crippen LogP contribution in [-0.2, 0) is 14.4 Å². The van der Waals surface area contributed by atoms with Crippen molar-refractivity contribution in [2.24, 2.45) is 0 Å². The molecule has 1 aromatic rings. The zero-order valence-corrected chi connectivity index (χ0v) is 18.1. The van der Waals surface area contributed by atoms with Crippen molar-refractivity contribution in [1.82, 2.24) is 9.80 Å². The Morgan fingerprint density at radius 3 is 1.94 bits per heavy atom. The number of benzene rings is 1. The third kappa shape index (κ3) is 3.86. The average Bonchev–Trinajstić information content (AvgIpc) is 3.25. The molecule has 2 bridgehead atoms. The summed E-state index contributed by atoms with van der Waals surface area (Å²) < 4.78 is 16.1. The van der Waals surface area contributed by atoms with Gasteiger partial charge in [0, 0.05) is 37.0 Å². The number of ether oxygens (including phenoxy) is 3. The van der Waals surface area contributed by atoms with Crippen molar-refractivity contribution in [3.05, 3.63) is 23.8 Å². The van der Waals surface area contributed by atoms with E-state index in [-0.39, 0.29) is 35.8 Å². The van der Waals surface area contributed by atoms with Gasteiger partial charge in [-0.2, -0.15) is 0 Å². The maximum atomic E-state index is 13.0. The Labute approximate surface area is 181 Å². The molecule has 8 heteroatoms. The van der Waals surface area contributed by atoms with Crippen LogP contribution in [0.4, 0.5) is 0 Å². The monoisotopic (exact) mass is 428 g/mol. The Morgan fingerprint density at radius 1 is 0.903 bits per heavy atom. The van der Waals surface area contributed by atoms with Gasteiger partial charge in [-0.1, -0.05) is 0 Å². The maximum absolute atomic E-state index is 13.0. The van der Waals surface area contributed by atoms with E-state index in [0.29, 0.717) is 42.9 Å². The van der Waals surface area contributed by atoms with E-state index in [4.69, 9.17) is 14.2 Å². The van der Waals surface area contributed by atoms with Crippen LogP contribution in [0.25, 0.3) is 6.08 Å². The minimum absolute atomic E-state index is 0.0567. The number of likely N-dealkylation sites (tertiary alicyclic amines) is 1. The van der Waals surface area contributed by atoms with Gasteiger partial charge in [-0.05, 0) is 49.5 Å². The van der Waals surface area contributed by atoms with E-state index < -0.39 is 0 Å². The minimum Gasteiger partial charge on any atom is -0.493 e. The van der Waals surface area contributed by atoms with Gasteiger partial charge in [-0.15, -0.1) is 0 Å². The summed E-state index contributed by atoms with van der Waals surface area (Å²) >= 11 is 0. The third-order valence-electron chi connectivity index (χ3n) is 6.52. The van der Waals surface area contributed by atoms with Crippen molar-refractivity contribution in [3.63, 3.8) is 0 Å². The maximum Gasteiger partial charge on any atom is 0.247 e. The molecule has 3 amide bonds. The average molecular weight is 428 g/mol. The zero-order chi connectivity index (χ0) is 22.1. The van der Waals surface area contributed by atoms with Gasteiger partial charge in [0.25, 0.3) is 0 Å². The largest absolute Gasteiger partial charge is 0.493 e. The second-order valence-electron chi connectivity index (χ2n) is 8.21. The molecular formula is C23H28N2O6. The molecule has 0 aliphatic carbocycles. The van der Waals surface area contributed by atoms with Gasteiger partial charge in [-0.3, -0.25) is 19.3 Å². The number of amides is 3. The number of hydrogen-bond donors (Lipinski definition) is 0. The van der Waals surface area contributed by atoms with Crippen molar-refractivity contribution >= 4 is 23.8 Å². The molecule has 0 aromatic heterocycles. The second-order valence-corrected chi connectivity index (χ2v) is 8.21. The van der Waals surface area contributed by atoms with Crippen molar-refractivity contribution in [3.8, 4) is 17.2 Å². The number of rotatable bonds is 6. The lowest BCUT2D eigenvalue weighted by Crippen LogP contribution is -2.53. The first-order valence-corrected chi connectivity index (χ1v) is 10.6. The Balaban J connectivity index is 1.48. The quantitative estimate of drug-likeness (QED) is 0.511. The first-order chi connectivity index (χ1) is 15.0. The molecule has 4 rings (SSSR count). The molecule has 0 spiro atoms. The molecule has 3 fully saturated rings. The van der Waals surface area contributed by atoms with Crippen molar-refractivity contribution < 1.29 is 28.6 Å². The molecule has 0 radical (unpaired) electrons. The highest BCUT2D eigenvalue weighted by Gasteiger charge is 2.47. The molecule has 31 heavy (non-hydrogen) atoms. The van der Waals surface area contributed by atoms with Crippen LogP contribution >= 0.6 is 0 Å². The van der Waals surface area contributed by atoms with Crippen LogP contribution in [0.15, 0.2) is 18.2 Å². The molecule has 3 saturated heterocycles. The number of fused-ring (bicyclic) bond motifs is 2. The summed E-state index contributed by atoms with van der Waals surface area (Å²) in [5.74, 6) is 1.34. The zero-order valence-electron chi connectivity index (χ0n) is 18.1. The van der Waals surface area contributed by atoms with Crippen LogP contribution in [-0.4, -0.2) is 67.0 Å². The van der Waals surface area contributed by atoms with Crippen molar-refractivity contribution in [2.75, 3.05) is 21.3 Å². The summed E-state index contributed by atoms with van der Waals surface area (Å²) in [6.07, 6.45) is 7.07. The van der Waals surface area contributed by atoms with Gasteiger partial charge in [0.05, 0.1) is 21.3 Å². The molecule has 2 atom stereocenters. The Kier molecular flexibility index (Phi) is 5.89. The van der Waals surface area contributed by atoms with E-state index in [2.05, 4.69) is 0 Å². The fourth-order valence-corrected chi connectivity index (χ4v) is 5.17. The predicted octanol–water partition coefficient (Wildman–Crippen LogP) is 2.40. The first-order valence-electron chi connectivity index (χ1n) is 10.6. The number of imide groups is 1. The molecule has 0 N–H and O–H groups in total. The van der Waals surface area contributed by atoms with E-state index >= 15 is 0 Å². The van der Waals surface area contributed by atoms with Gasteiger partial charge in [-0.25, -0.2) is 0 Å². The highest BCUT2D eigenvalue weighted by Crippen LogP contribution is 2.40. The van der Waals surface area contributed by atoms with E-state index in [1.807, 2.05) is 4.90 Å². The molecule has 1 aromatic carbocycles. The van der Waals surface area contributed by atoms with E-state index in [9.17, 15) is 14.4 Å². The Morgan fingerprint density at radius 2 is 1.45 bits per heavy atom. The van der Waals surface area contributed by atoms with Crippen LogP contribution in [0, 0.1) is 0 Å². The summed E-state index contributed by atoms with van der Waals surface area (Å²) in [5.41, 5.74) is 0.762. The lowest BCUT2D eigenvalue weighted by Gasteiger charge is -2.41. The van der Waals surface area contributed by atoms with Crippen LogP contribution in [0.1, 0.15) is 44.1 Å². The fraction of sp³-hybridized carbons (Fsp3) is 0.522. The Hall–Kier alpha value is -3.03. The normalized spacial score (nSPS) is 25.5. The molecule has 3 aliphatic rings. The van der Waals surface area contributed by atoms with Crippen LogP contribution in [0.5, 0.6) is 17.2 Å². The van der Waals surface area contributed by atoms with Gasteiger partial charge >= 0.3 is 0 Å². The second kappa shape index (κ2) is 8.61. The van der Waals surface area contributed by atoms with Crippen LogP contribution < -0.4 is 14.2 Å². The number of nitrogens with zero attached hydrogens (tertiary/aromatic N) is 2. The van der Waals surface area contributed by atoms with E-state index in [0.717, 1.165) is 18.4 Å². The number of hydrogen-bond acceptors (Lipinski definition) is 6. The van der Waals surface area contributed by atoms with Gasteiger partial charge in [0.15, 0.2) is 11.5 Å². The summed E-state index contributed by atoms with van der Waals surface area (Å²) in [4.78, 5) is 40.7. The van der Waals surface area contributed by atoms with Crippen LogP contribution in [0.2, 0.25) is 0 Å². The van der Waals surface area contributed by atoms with Crippen molar-refractivity contribution in [1.29, 1.82) is 0 Å². The molecule has 0 saturated carbocycles. The fourth-order valence-electron chi connectivity index (χ4n) is 5.17. The summed E-state index contributed by atoms with van der Waals surface area (Å²) in [5, 5.41) is 0. The SMILES string of the molecule is COc1cc(/C=C/C(=O)N2C3CCC2CC(N2C(=O)CCC2=O)C3)cc(OC)c1OC. The molecule has 3 heterocycles. The number of carbonyl (C=O) groups is 3. The van der Waals surface area contributed by atoms with Crippen molar-refractivity contribution in [2.45, 2.75) is 56.7 Å². The van der Waals surface area contributed by atoms with Gasteiger partial charge in [0.2, 0.25) is 23.5 Å². The van der Waals surface area contributed by atoms with E-state index in [1.165, 1.54) is 4.90 Å². The minimum atomic E-state index is -0.0804. The van der Waals surface area contributed by atoms with Gasteiger partial charge < -0.3 is 19.1 Å². The molecule has 3 aliphatic heterocycles. The lowest BCUT2D eigenvalue weighted by atomic mass is 9.95. The number of methoxy groups -OCH3 is 3. The summed E-state index contributed by atoms with van der Waals surface area (Å²) in [6.45, 7) is 0. The van der Waals surface area contributed by atoms with E-state index in [1.54, 1.807) is 45.6 Å². The van der Waals surface area contributed by atoms with Crippen LogP contribution in [0.3, 0.4) is 0 Å². The van der Waals surface area contributed by atoms with Gasteiger partial charge in [0.1, 0.15) is 0 Å². The third-order valence-corrected chi connectivity index (χ3v) is 6.52. The molecule has 166 valence electrons. The Bertz CT molecular complexity index is 872. The number of piperidine rings is 1. The first kappa shape index (κ1) is 21.2. The smallest absolute Gasteiger partial charge is 0.247 e. The topological polar surface area (TPSA) is 85.4 Å². The standard InChI is InChI=1S/C23H28N2O6/c1-29-18-10-14(11-19(30-2)23(18)31-3)4-7-20(26)24-15-5-6-16(24)13-17(12-15)25-21(27)8-9-22(25)28/h4,7,10-11,15-17H,5-6,8-9,12-13H2,1-3H3/b7-4+. The lowest BCUT2D eigenvalue weighted by molar-refractivity contribution is -0.143. The number of carbonyl (C=O) groups excluding carboxylic acids is 3. The summed E-state index contributed by atoms with van der Waals surface area (Å²) in [7, 11) is 4.64. The molecule has 8 nitrogen and oxygen atoms in total. The highest BCUT2D eigenvalue weighted by atomic mass is 16.5. The predicted molar refractivity (Wildman–Crippen MR) is 113 cm³/mol. The molecular weight excluding hydrogens is 400 g/mol. The summed E-state index contributed by atoms with van der Waals surface area (Å²) in [6, 6.07) is 3.61. The highest BCUT2D eigenvalue weighted by molar-refractivity contribution is 6.02. The molecule has 2 unspecified atom stereocenters.